The van der Waals surface area contributed by atoms with E-state index in [1.54, 1.807) is 0 Å². The molecule has 1 nitrogen and oxygen atoms in total. The van der Waals surface area contributed by atoms with Gasteiger partial charge in [0.2, 0.25) is 0 Å². The molecule has 1 aromatic heterocycles. The van der Waals surface area contributed by atoms with E-state index in [2.05, 4.69) is 74.5 Å². The first-order chi connectivity index (χ1) is 10.7. The molecule has 0 unspecified atom stereocenters. The van der Waals surface area contributed by atoms with Gasteiger partial charge in [-0.3, -0.25) is 0 Å². The molecule has 1 heteroatoms. The van der Waals surface area contributed by atoms with Gasteiger partial charge < -0.3 is 4.42 Å². The molecule has 0 amide bonds. The summed E-state index contributed by atoms with van der Waals surface area (Å²) in [6, 6.07) is 23.4. The molecule has 108 valence electrons. The van der Waals surface area contributed by atoms with Crippen molar-refractivity contribution >= 4 is 21.9 Å². The minimum Gasteiger partial charge on any atom is -0.456 e. The average molecular weight is 286 g/mol. The standard InChI is InChI=1S/C21H18O/c1-14(2)16-8-10-20-18(12-16)19-13-17(9-11-21(19)22-20)15-6-4-3-5-7-15/h3-14H,1-2H3. The number of hydrogen-bond donors (Lipinski definition) is 0. The van der Waals surface area contributed by atoms with E-state index >= 15 is 0 Å². The Bertz CT molecular complexity index is 946. The van der Waals surface area contributed by atoms with Crippen LogP contribution in [0.3, 0.4) is 0 Å². The zero-order valence-electron chi connectivity index (χ0n) is 12.8. The minimum atomic E-state index is 0.520. The Morgan fingerprint density at radius 1 is 0.682 bits per heavy atom. The number of fused-ring (bicyclic) bond motifs is 3. The van der Waals surface area contributed by atoms with Gasteiger partial charge in [0.05, 0.1) is 0 Å². The van der Waals surface area contributed by atoms with E-state index in [4.69, 9.17) is 4.42 Å². The third-order valence-corrected chi connectivity index (χ3v) is 4.27. The molecule has 4 aromatic rings. The van der Waals surface area contributed by atoms with Gasteiger partial charge in [-0.2, -0.15) is 0 Å². The van der Waals surface area contributed by atoms with Crippen molar-refractivity contribution in [1.82, 2.24) is 0 Å². The van der Waals surface area contributed by atoms with Gasteiger partial charge in [-0.05, 0) is 46.9 Å². The molecule has 0 fully saturated rings. The van der Waals surface area contributed by atoms with Gasteiger partial charge in [0.1, 0.15) is 11.2 Å². The third-order valence-electron chi connectivity index (χ3n) is 4.27. The first-order valence-corrected chi connectivity index (χ1v) is 7.74. The fraction of sp³-hybridized carbons (Fsp3) is 0.143. The van der Waals surface area contributed by atoms with Crippen molar-refractivity contribution in [3.8, 4) is 11.1 Å². The fourth-order valence-electron chi connectivity index (χ4n) is 2.96. The lowest BCUT2D eigenvalue weighted by Crippen LogP contribution is -1.85. The van der Waals surface area contributed by atoms with Crippen LogP contribution >= 0.6 is 0 Å². The van der Waals surface area contributed by atoms with Crippen LogP contribution in [0.5, 0.6) is 0 Å². The molecule has 0 radical (unpaired) electrons. The number of benzene rings is 3. The Balaban J connectivity index is 1.97. The highest BCUT2D eigenvalue weighted by molar-refractivity contribution is 6.06. The lowest BCUT2D eigenvalue weighted by atomic mass is 9.99. The summed E-state index contributed by atoms with van der Waals surface area (Å²) in [5, 5.41) is 2.40. The third kappa shape index (κ3) is 2.10. The van der Waals surface area contributed by atoms with Crippen LogP contribution in [0.1, 0.15) is 25.3 Å². The molecular formula is C21H18O. The van der Waals surface area contributed by atoms with Gasteiger partial charge in [0.25, 0.3) is 0 Å². The van der Waals surface area contributed by atoms with Crippen molar-refractivity contribution < 1.29 is 4.42 Å². The van der Waals surface area contributed by atoms with Crippen molar-refractivity contribution in [2.75, 3.05) is 0 Å². The highest BCUT2D eigenvalue weighted by atomic mass is 16.3. The quantitative estimate of drug-likeness (QED) is 0.417. The first kappa shape index (κ1) is 13.1. The molecule has 0 bridgehead atoms. The molecule has 0 spiro atoms. The summed E-state index contributed by atoms with van der Waals surface area (Å²) in [5.74, 6) is 0.520. The highest BCUT2D eigenvalue weighted by Crippen LogP contribution is 2.33. The SMILES string of the molecule is CC(C)c1ccc2oc3ccc(-c4ccccc4)cc3c2c1. The number of rotatable bonds is 2. The molecule has 1 heterocycles. The summed E-state index contributed by atoms with van der Waals surface area (Å²) < 4.78 is 5.98. The van der Waals surface area contributed by atoms with Crippen molar-refractivity contribution in [2.45, 2.75) is 19.8 Å². The van der Waals surface area contributed by atoms with Gasteiger partial charge in [-0.25, -0.2) is 0 Å². The Kier molecular flexibility index (Phi) is 3.00. The second-order valence-corrected chi connectivity index (χ2v) is 6.09. The Morgan fingerprint density at radius 2 is 1.36 bits per heavy atom. The van der Waals surface area contributed by atoms with Crippen molar-refractivity contribution in [2.24, 2.45) is 0 Å². The normalized spacial score (nSPS) is 11.6. The van der Waals surface area contributed by atoms with E-state index in [1.807, 2.05) is 6.07 Å². The molecule has 0 aliphatic rings. The molecule has 22 heavy (non-hydrogen) atoms. The summed E-state index contributed by atoms with van der Waals surface area (Å²) in [7, 11) is 0. The van der Waals surface area contributed by atoms with Crippen LogP contribution in [-0.4, -0.2) is 0 Å². The van der Waals surface area contributed by atoms with E-state index < -0.39 is 0 Å². The summed E-state index contributed by atoms with van der Waals surface area (Å²) in [6.45, 7) is 4.44. The van der Waals surface area contributed by atoms with Gasteiger partial charge in [-0.1, -0.05) is 56.3 Å². The summed E-state index contributed by atoms with van der Waals surface area (Å²) in [5.41, 5.74) is 5.73. The molecule has 0 saturated heterocycles. The molecule has 3 aromatic carbocycles. The van der Waals surface area contributed by atoms with E-state index in [-0.39, 0.29) is 0 Å². The predicted molar refractivity (Wildman–Crippen MR) is 93.2 cm³/mol. The zero-order chi connectivity index (χ0) is 15.1. The van der Waals surface area contributed by atoms with Gasteiger partial charge in [-0.15, -0.1) is 0 Å². The van der Waals surface area contributed by atoms with E-state index in [0.29, 0.717) is 5.92 Å². The van der Waals surface area contributed by atoms with E-state index in [1.165, 1.54) is 27.5 Å². The molecule has 0 aliphatic heterocycles. The predicted octanol–water partition coefficient (Wildman–Crippen LogP) is 6.38. The van der Waals surface area contributed by atoms with Crippen molar-refractivity contribution in [3.05, 3.63) is 72.3 Å². The second kappa shape index (κ2) is 5.03. The summed E-state index contributed by atoms with van der Waals surface area (Å²) in [6.07, 6.45) is 0. The highest BCUT2D eigenvalue weighted by Gasteiger charge is 2.10. The van der Waals surface area contributed by atoms with E-state index in [9.17, 15) is 0 Å². The largest absolute Gasteiger partial charge is 0.456 e. The van der Waals surface area contributed by atoms with Gasteiger partial charge in [0, 0.05) is 10.8 Å². The maximum Gasteiger partial charge on any atom is 0.135 e. The molecule has 0 N–H and O–H groups in total. The minimum absolute atomic E-state index is 0.520. The average Bonchev–Trinajstić information content (AvgIpc) is 2.92. The zero-order valence-corrected chi connectivity index (χ0v) is 12.8. The Labute approximate surface area is 130 Å². The first-order valence-electron chi connectivity index (χ1n) is 7.74. The van der Waals surface area contributed by atoms with E-state index in [0.717, 1.165) is 11.2 Å². The second-order valence-electron chi connectivity index (χ2n) is 6.09. The number of furan rings is 1. The van der Waals surface area contributed by atoms with Gasteiger partial charge in [0.15, 0.2) is 0 Å². The Hall–Kier alpha value is -2.54. The van der Waals surface area contributed by atoms with Crippen LogP contribution in [0, 0.1) is 0 Å². The summed E-state index contributed by atoms with van der Waals surface area (Å²) >= 11 is 0. The Morgan fingerprint density at radius 3 is 2.09 bits per heavy atom. The molecular weight excluding hydrogens is 268 g/mol. The maximum absolute atomic E-state index is 5.98. The van der Waals surface area contributed by atoms with Crippen LogP contribution < -0.4 is 0 Å². The topological polar surface area (TPSA) is 13.1 Å². The smallest absolute Gasteiger partial charge is 0.135 e. The molecule has 0 atom stereocenters. The fourth-order valence-corrected chi connectivity index (χ4v) is 2.96. The van der Waals surface area contributed by atoms with Crippen molar-refractivity contribution in [3.63, 3.8) is 0 Å². The van der Waals surface area contributed by atoms with Crippen LogP contribution in [0.25, 0.3) is 33.1 Å². The van der Waals surface area contributed by atoms with Gasteiger partial charge >= 0.3 is 0 Å². The maximum atomic E-state index is 5.98. The lowest BCUT2D eigenvalue weighted by Gasteiger charge is -2.04. The molecule has 4 rings (SSSR count). The summed E-state index contributed by atoms with van der Waals surface area (Å²) in [4.78, 5) is 0. The van der Waals surface area contributed by atoms with Crippen molar-refractivity contribution in [1.29, 1.82) is 0 Å². The van der Waals surface area contributed by atoms with Crippen LogP contribution in [0.4, 0.5) is 0 Å². The monoisotopic (exact) mass is 286 g/mol. The van der Waals surface area contributed by atoms with Crippen LogP contribution in [-0.2, 0) is 0 Å². The van der Waals surface area contributed by atoms with Crippen LogP contribution in [0.15, 0.2) is 71.1 Å². The number of hydrogen-bond acceptors (Lipinski definition) is 1. The van der Waals surface area contributed by atoms with Crippen LogP contribution in [0.2, 0.25) is 0 Å². The molecule has 0 aliphatic carbocycles. The molecule has 0 saturated carbocycles. The lowest BCUT2D eigenvalue weighted by molar-refractivity contribution is 0.668.